The molecule has 9 heteroatoms. The van der Waals surface area contributed by atoms with E-state index in [1.54, 1.807) is 0 Å². The van der Waals surface area contributed by atoms with Gasteiger partial charge in [-0.3, -0.25) is 4.90 Å². The minimum absolute atomic E-state index is 0.0964. The molecular formula is C22H23ClN4O4. The Kier molecular flexibility index (Phi) is 5.43. The van der Waals surface area contributed by atoms with Crippen LogP contribution in [0.4, 0.5) is 5.82 Å². The lowest BCUT2D eigenvalue weighted by Crippen LogP contribution is -2.36. The second-order valence-electron chi connectivity index (χ2n) is 7.84. The molecule has 31 heavy (non-hydrogen) atoms. The normalized spacial score (nSPS) is 17.0. The maximum Gasteiger partial charge on any atom is 0.175 e. The van der Waals surface area contributed by atoms with E-state index >= 15 is 0 Å². The fraction of sp³-hybridized carbons (Fsp3) is 0.364. The fourth-order valence-corrected chi connectivity index (χ4v) is 4.26. The molecule has 0 atom stereocenters. The van der Waals surface area contributed by atoms with Gasteiger partial charge in [0, 0.05) is 57.0 Å². The number of phenolic OH excluding ortho intramolecular Hbond substituents is 2. The van der Waals surface area contributed by atoms with Gasteiger partial charge < -0.3 is 24.4 Å². The lowest BCUT2D eigenvalue weighted by atomic mass is 10.0. The van der Waals surface area contributed by atoms with E-state index < -0.39 is 0 Å². The van der Waals surface area contributed by atoms with Crippen molar-refractivity contribution >= 4 is 17.4 Å². The van der Waals surface area contributed by atoms with Crippen molar-refractivity contribution in [2.75, 3.05) is 37.7 Å². The Hall–Kier alpha value is -2.81. The number of phenols is 2. The van der Waals surface area contributed by atoms with E-state index in [-0.39, 0.29) is 16.5 Å². The zero-order chi connectivity index (χ0) is 21.4. The Morgan fingerprint density at radius 3 is 2.68 bits per heavy atom. The topological polar surface area (TPSA) is 95.1 Å². The monoisotopic (exact) mass is 442 g/mol. The van der Waals surface area contributed by atoms with E-state index in [9.17, 15) is 10.2 Å². The first kappa shape index (κ1) is 20.1. The van der Waals surface area contributed by atoms with Crippen LogP contribution in [0.1, 0.15) is 16.8 Å². The van der Waals surface area contributed by atoms with Crippen molar-refractivity contribution in [1.82, 2.24) is 15.0 Å². The quantitative estimate of drug-likeness (QED) is 0.636. The van der Waals surface area contributed by atoms with Crippen LogP contribution in [0.5, 0.6) is 11.5 Å². The zero-order valence-electron chi connectivity index (χ0n) is 16.9. The van der Waals surface area contributed by atoms with Gasteiger partial charge in [-0.05, 0) is 17.7 Å². The van der Waals surface area contributed by atoms with Crippen molar-refractivity contribution < 1.29 is 19.5 Å². The van der Waals surface area contributed by atoms with Crippen LogP contribution in [0.2, 0.25) is 5.02 Å². The molecule has 3 aromatic rings. The van der Waals surface area contributed by atoms with Crippen molar-refractivity contribution in [3.05, 3.63) is 52.3 Å². The van der Waals surface area contributed by atoms with Crippen molar-refractivity contribution in [3.8, 4) is 22.8 Å². The molecule has 0 aliphatic carbocycles. The Labute approximate surface area is 184 Å². The van der Waals surface area contributed by atoms with Gasteiger partial charge in [-0.25, -0.2) is 4.98 Å². The summed E-state index contributed by atoms with van der Waals surface area (Å²) in [4.78, 5) is 9.17. The first-order valence-corrected chi connectivity index (χ1v) is 10.7. The molecule has 1 aromatic carbocycles. The van der Waals surface area contributed by atoms with Gasteiger partial charge in [-0.2, -0.15) is 0 Å². The number of halogens is 1. The van der Waals surface area contributed by atoms with E-state index in [1.165, 1.54) is 12.1 Å². The summed E-state index contributed by atoms with van der Waals surface area (Å²) >= 11 is 6.04. The highest BCUT2D eigenvalue weighted by Gasteiger charge is 2.27. The van der Waals surface area contributed by atoms with Crippen LogP contribution in [0.3, 0.4) is 0 Å². The zero-order valence-corrected chi connectivity index (χ0v) is 17.7. The van der Waals surface area contributed by atoms with Gasteiger partial charge in [0.25, 0.3) is 0 Å². The van der Waals surface area contributed by atoms with Gasteiger partial charge >= 0.3 is 0 Å². The second-order valence-corrected chi connectivity index (χ2v) is 8.25. The third-order valence-electron chi connectivity index (χ3n) is 5.78. The molecule has 0 bridgehead atoms. The molecule has 1 saturated heterocycles. The fourth-order valence-electron chi connectivity index (χ4n) is 4.10. The maximum absolute atomic E-state index is 10.3. The second kappa shape index (κ2) is 8.37. The number of nitrogens with zero attached hydrogens (tertiary/aromatic N) is 4. The summed E-state index contributed by atoms with van der Waals surface area (Å²) in [7, 11) is 0. The average Bonchev–Trinajstić information content (AvgIpc) is 3.20. The lowest BCUT2D eigenvalue weighted by Gasteiger charge is -2.28. The molecule has 0 spiro atoms. The summed E-state index contributed by atoms with van der Waals surface area (Å²) in [5, 5.41) is 24.3. The first-order chi connectivity index (χ1) is 15.1. The van der Waals surface area contributed by atoms with Crippen LogP contribution in [-0.4, -0.2) is 58.1 Å². The van der Waals surface area contributed by atoms with Crippen molar-refractivity contribution in [2.45, 2.75) is 19.5 Å². The number of aromatic nitrogens is 2. The summed E-state index contributed by atoms with van der Waals surface area (Å²) in [6.45, 7) is 5.45. The first-order valence-electron chi connectivity index (χ1n) is 10.3. The largest absolute Gasteiger partial charge is 0.507 e. The summed E-state index contributed by atoms with van der Waals surface area (Å²) in [6, 6.07) is 6.90. The molecule has 5 rings (SSSR count). The summed E-state index contributed by atoms with van der Waals surface area (Å²) in [5.41, 5.74) is 3.38. The molecule has 2 aliphatic rings. The molecule has 2 N–H and O–H groups in total. The number of pyridine rings is 1. The number of aromatic hydroxyl groups is 2. The van der Waals surface area contributed by atoms with Gasteiger partial charge in [0.15, 0.2) is 5.76 Å². The number of rotatable bonds is 4. The summed E-state index contributed by atoms with van der Waals surface area (Å²) < 4.78 is 11.0. The summed E-state index contributed by atoms with van der Waals surface area (Å²) in [6.07, 6.45) is 2.69. The smallest absolute Gasteiger partial charge is 0.175 e. The molecule has 4 heterocycles. The Morgan fingerprint density at radius 1 is 1.06 bits per heavy atom. The Bertz CT molecular complexity index is 1080. The molecule has 0 amide bonds. The number of hydrogen-bond acceptors (Lipinski definition) is 8. The van der Waals surface area contributed by atoms with E-state index in [0.717, 1.165) is 68.5 Å². The highest BCUT2D eigenvalue weighted by Crippen LogP contribution is 2.40. The third kappa shape index (κ3) is 4.06. The van der Waals surface area contributed by atoms with Crippen LogP contribution in [-0.2, 0) is 24.2 Å². The highest BCUT2D eigenvalue weighted by atomic mass is 35.5. The van der Waals surface area contributed by atoms with Gasteiger partial charge in [0.2, 0.25) is 0 Å². The minimum Gasteiger partial charge on any atom is -0.507 e. The standard InChI is InChI=1S/C22H23ClN4O4/c23-17-9-15(19(28)10-20(17)29)22-16-13-26(4-3-18(16)25-31-22)12-14-1-2-21(24-11-14)27-5-7-30-8-6-27/h1-2,9-11,28-29H,3-8,12-13H2. The van der Waals surface area contributed by atoms with Gasteiger partial charge in [0.05, 0.1) is 29.5 Å². The van der Waals surface area contributed by atoms with Crippen LogP contribution in [0.25, 0.3) is 11.3 Å². The number of anilines is 1. The Morgan fingerprint density at radius 2 is 1.90 bits per heavy atom. The maximum atomic E-state index is 10.3. The number of fused-ring (bicyclic) bond motifs is 1. The van der Waals surface area contributed by atoms with Gasteiger partial charge in [-0.1, -0.05) is 22.8 Å². The van der Waals surface area contributed by atoms with Crippen LogP contribution in [0.15, 0.2) is 35.0 Å². The lowest BCUT2D eigenvalue weighted by molar-refractivity contribution is 0.122. The number of hydrogen-bond donors (Lipinski definition) is 2. The molecule has 8 nitrogen and oxygen atoms in total. The molecule has 2 aromatic heterocycles. The van der Waals surface area contributed by atoms with E-state index in [1.807, 2.05) is 6.20 Å². The van der Waals surface area contributed by atoms with Gasteiger partial charge in [0.1, 0.15) is 17.3 Å². The molecule has 0 saturated carbocycles. The van der Waals surface area contributed by atoms with E-state index in [4.69, 9.17) is 20.9 Å². The molecule has 1 fully saturated rings. The van der Waals surface area contributed by atoms with Crippen LogP contribution >= 0.6 is 11.6 Å². The van der Waals surface area contributed by atoms with E-state index in [0.29, 0.717) is 17.9 Å². The molecule has 2 aliphatic heterocycles. The minimum atomic E-state index is -0.175. The predicted molar refractivity (Wildman–Crippen MR) is 115 cm³/mol. The highest BCUT2D eigenvalue weighted by molar-refractivity contribution is 6.32. The number of morpholine rings is 1. The Balaban J connectivity index is 1.32. The van der Waals surface area contributed by atoms with Crippen LogP contribution < -0.4 is 4.90 Å². The third-order valence-corrected chi connectivity index (χ3v) is 6.08. The molecular weight excluding hydrogens is 420 g/mol. The SMILES string of the molecule is Oc1cc(O)c(-c2onc3c2CN(Cc2ccc(N4CCOCC4)nc2)CC3)cc1Cl. The van der Waals surface area contributed by atoms with Crippen molar-refractivity contribution in [1.29, 1.82) is 0 Å². The van der Waals surface area contributed by atoms with Crippen LogP contribution in [0, 0.1) is 0 Å². The van der Waals surface area contributed by atoms with Crippen molar-refractivity contribution in [2.24, 2.45) is 0 Å². The van der Waals surface area contributed by atoms with Crippen molar-refractivity contribution in [3.63, 3.8) is 0 Å². The predicted octanol–water partition coefficient (Wildman–Crippen LogP) is 3.20. The van der Waals surface area contributed by atoms with Gasteiger partial charge in [-0.15, -0.1) is 0 Å². The summed E-state index contributed by atoms with van der Waals surface area (Å²) in [5.74, 6) is 1.20. The number of ether oxygens (including phenoxy) is 1. The van der Waals surface area contributed by atoms with E-state index in [2.05, 4.69) is 32.1 Å². The molecule has 0 unspecified atom stereocenters. The molecule has 0 radical (unpaired) electrons. The molecule has 162 valence electrons. The average molecular weight is 443 g/mol. The number of benzene rings is 1.